The highest BCUT2D eigenvalue weighted by molar-refractivity contribution is 6.14. The number of rotatable bonds is 16. The van der Waals surface area contributed by atoms with Gasteiger partial charge in [-0.1, -0.05) is 69.7 Å². The summed E-state index contributed by atoms with van der Waals surface area (Å²) < 4.78 is 11.8. The number of hydrogen-bond acceptors (Lipinski definition) is 6. The number of amides is 1. The molecule has 0 saturated carbocycles. The number of carbonyl (C=O) groups is 2. The van der Waals surface area contributed by atoms with E-state index >= 15 is 0 Å². The molecular formula is C32H42N2O5. The Kier molecular flexibility index (Phi) is 11.6. The van der Waals surface area contributed by atoms with Crippen LogP contribution in [-0.4, -0.2) is 66.0 Å². The van der Waals surface area contributed by atoms with Crippen LogP contribution in [0.25, 0.3) is 6.08 Å². The van der Waals surface area contributed by atoms with E-state index in [1.807, 2.05) is 55.5 Å². The molecule has 210 valence electrons. The molecule has 3 rings (SSSR count). The van der Waals surface area contributed by atoms with Gasteiger partial charge >= 0.3 is 0 Å². The summed E-state index contributed by atoms with van der Waals surface area (Å²) in [5.74, 6) is -0.248. The third kappa shape index (κ3) is 7.73. The minimum atomic E-state index is -0.731. The standard InChI is InChI=1S/C32H42N2O5/c1-5-9-22-39-27-19-17-25(23-28(27)38-8-4)30-29(26(35)18-16-24-14-11-10-12-15-24)31(36)32(37)34(30)21-13-20-33(6-2)7-3/h10-12,14-19,23,30,36H,5-9,13,20-22H2,1-4H3. The van der Waals surface area contributed by atoms with Crippen molar-refractivity contribution in [3.8, 4) is 11.5 Å². The van der Waals surface area contributed by atoms with Crippen molar-refractivity contribution in [2.24, 2.45) is 0 Å². The van der Waals surface area contributed by atoms with Crippen LogP contribution in [0.2, 0.25) is 0 Å². The third-order valence-corrected chi connectivity index (χ3v) is 6.90. The van der Waals surface area contributed by atoms with E-state index in [2.05, 4.69) is 25.7 Å². The highest BCUT2D eigenvalue weighted by Gasteiger charge is 2.43. The summed E-state index contributed by atoms with van der Waals surface area (Å²) in [5, 5.41) is 11.0. The van der Waals surface area contributed by atoms with Gasteiger partial charge in [0.15, 0.2) is 23.0 Å². The highest BCUT2D eigenvalue weighted by Crippen LogP contribution is 2.41. The zero-order valence-corrected chi connectivity index (χ0v) is 23.7. The van der Waals surface area contributed by atoms with Crippen molar-refractivity contribution in [2.75, 3.05) is 39.4 Å². The number of aliphatic hydroxyl groups is 1. The van der Waals surface area contributed by atoms with Crippen LogP contribution in [0.3, 0.4) is 0 Å². The quantitative estimate of drug-likeness (QED) is 0.211. The van der Waals surface area contributed by atoms with Gasteiger partial charge in [-0.25, -0.2) is 0 Å². The van der Waals surface area contributed by atoms with Crippen LogP contribution in [0.4, 0.5) is 0 Å². The Hall–Kier alpha value is -3.58. The molecule has 0 fully saturated rings. The first kappa shape index (κ1) is 30.0. The molecule has 1 aliphatic heterocycles. The molecule has 7 heteroatoms. The predicted molar refractivity (Wildman–Crippen MR) is 155 cm³/mol. The number of hydrogen-bond donors (Lipinski definition) is 1. The van der Waals surface area contributed by atoms with Gasteiger partial charge in [-0.15, -0.1) is 0 Å². The first-order valence-corrected chi connectivity index (χ1v) is 14.1. The summed E-state index contributed by atoms with van der Waals surface area (Å²) in [7, 11) is 0. The van der Waals surface area contributed by atoms with E-state index in [0.717, 1.165) is 44.5 Å². The number of ether oxygens (including phenoxy) is 2. The van der Waals surface area contributed by atoms with Crippen molar-refractivity contribution in [3.05, 3.63) is 77.1 Å². The van der Waals surface area contributed by atoms with Crippen molar-refractivity contribution < 1.29 is 24.2 Å². The van der Waals surface area contributed by atoms with Gasteiger partial charge < -0.3 is 24.4 Å². The topological polar surface area (TPSA) is 79.3 Å². The Morgan fingerprint density at radius 3 is 2.41 bits per heavy atom. The molecule has 0 aliphatic carbocycles. The maximum absolute atomic E-state index is 13.5. The summed E-state index contributed by atoms with van der Waals surface area (Å²) in [6.07, 6.45) is 5.78. The average molecular weight is 535 g/mol. The third-order valence-electron chi connectivity index (χ3n) is 6.90. The van der Waals surface area contributed by atoms with E-state index in [1.165, 1.54) is 6.08 Å². The second kappa shape index (κ2) is 15.1. The number of ketones is 1. The van der Waals surface area contributed by atoms with Gasteiger partial charge in [-0.2, -0.15) is 0 Å². The molecule has 0 saturated heterocycles. The molecule has 0 radical (unpaired) electrons. The molecule has 1 unspecified atom stereocenters. The van der Waals surface area contributed by atoms with Crippen LogP contribution in [-0.2, 0) is 9.59 Å². The average Bonchev–Trinajstić information content (AvgIpc) is 3.20. The molecule has 1 aliphatic rings. The number of allylic oxidation sites excluding steroid dienone is 1. The monoisotopic (exact) mass is 534 g/mol. The summed E-state index contributed by atoms with van der Waals surface area (Å²) >= 11 is 0. The number of nitrogens with zero attached hydrogens (tertiary/aromatic N) is 2. The van der Waals surface area contributed by atoms with Crippen LogP contribution >= 0.6 is 0 Å². The van der Waals surface area contributed by atoms with Gasteiger partial charge in [0.1, 0.15) is 0 Å². The Bertz CT molecular complexity index is 1150. The summed E-state index contributed by atoms with van der Waals surface area (Å²) in [6.45, 7) is 12.3. The lowest BCUT2D eigenvalue weighted by atomic mass is 9.95. The molecular weight excluding hydrogens is 492 g/mol. The Labute approximate surface area is 232 Å². The minimum Gasteiger partial charge on any atom is -0.503 e. The largest absolute Gasteiger partial charge is 0.503 e. The van der Waals surface area contributed by atoms with Crippen LogP contribution in [0.1, 0.15) is 64.1 Å². The number of benzene rings is 2. The fraction of sp³-hybridized carbons (Fsp3) is 0.438. The van der Waals surface area contributed by atoms with Crippen molar-refractivity contribution >= 4 is 17.8 Å². The van der Waals surface area contributed by atoms with E-state index in [-0.39, 0.29) is 5.57 Å². The summed E-state index contributed by atoms with van der Waals surface area (Å²) in [6, 6.07) is 14.2. The first-order chi connectivity index (χ1) is 18.9. The van der Waals surface area contributed by atoms with Crippen LogP contribution in [0.5, 0.6) is 11.5 Å². The smallest absolute Gasteiger partial charge is 0.290 e. The molecule has 1 heterocycles. The van der Waals surface area contributed by atoms with Crippen molar-refractivity contribution in [2.45, 2.75) is 53.0 Å². The number of carbonyl (C=O) groups excluding carboxylic acids is 2. The Balaban J connectivity index is 1.97. The van der Waals surface area contributed by atoms with Gasteiger partial charge in [0.25, 0.3) is 5.91 Å². The fourth-order valence-electron chi connectivity index (χ4n) is 4.72. The van der Waals surface area contributed by atoms with E-state index in [4.69, 9.17) is 9.47 Å². The molecule has 1 atom stereocenters. The molecule has 39 heavy (non-hydrogen) atoms. The molecule has 1 amide bonds. The Morgan fingerprint density at radius 1 is 1.00 bits per heavy atom. The predicted octanol–water partition coefficient (Wildman–Crippen LogP) is 5.97. The van der Waals surface area contributed by atoms with Gasteiger partial charge in [-0.3, -0.25) is 9.59 Å². The second-order valence-electron chi connectivity index (χ2n) is 9.49. The fourth-order valence-corrected chi connectivity index (χ4v) is 4.72. The van der Waals surface area contributed by atoms with Gasteiger partial charge in [0.05, 0.1) is 24.8 Å². The molecule has 2 aromatic carbocycles. The normalized spacial score (nSPS) is 15.6. The maximum atomic E-state index is 13.5. The minimum absolute atomic E-state index is 0.0807. The molecule has 0 bridgehead atoms. The highest BCUT2D eigenvalue weighted by atomic mass is 16.5. The van der Waals surface area contributed by atoms with Crippen LogP contribution in [0.15, 0.2) is 65.9 Å². The number of aliphatic hydroxyl groups excluding tert-OH is 1. The lowest BCUT2D eigenvalue weighted by Gasteiger charge is -2.28. The van der Waals surface area contributed by atoms with Crippen molar-refractivity contribution in [1.29, 1.82) is 0 Å². The van der Waals surface area contributed by atoms with Crippen molar-refractivity contribution in [3.63, 3.8) is 0 Å². The lowest BCUT2D eigenvalue weighted by Crippen LogP contribution is -2.34. The zero-order chi connectivity index (χ0) is 28.2. The van der Waals surface area contributed by atoms with Crippen LogP contribution < -0.4 is 9.47 Å². The summed E-state index contributed by atoms with van der Waals surface area (Å²) in [4.78, 5) is 30.7. The van der Waals surface area contributed by atoms with Crippen LogP contribution in [0, 0.1) is 0 Å². The number of unbranched alkanes of at least 4 members (excludes halogenated alkanes) is 1. The zero-order valence-electron chi connectivity index (χ0n) is 23.7. The summed E-state index contributed by atoms with van der Waals surface area (Å²) in [5.41, 5.74) is 1.63. The maximum Gasteiger partial charge on any atom is 0.290 e. The van der Waals surface area contributed by atoms with Gasteiger partial charge in [-0.05, 0) is 68.7 Å². The molecule has 0 aromatic heterocycles. The van der Waals surface area contributed by atoms with Gasteiger partial charge in [0, 0.05) is 6.54 Å². The lowest BCUT2D eigenvalue weighted by molar-refractivity contribution is -0.129. The molecule has 1 N–H and O–H groups in total. The van der Waals surface area contributed by atoms with Gasteiger partial charge in [0.2, 0.25) is 0 Å². The SMILES string of the molecule is CCCCOc1ccc(C2C(C(=O)C=Cc3ccccc3)=C(O)C(=O)N2CCCN(CC)CC)cc1OCC. The first-order valence-electron chi connectivity index (χ1n) is 14.1. The molecule has 7 nitrogen and oxygen atoms in total. The molecule has 0 spiro atoms. The van der Waals surface area contributed by atoms with E-state index in [1.54, 1.807) is 11.0 Å². The van der Waals surface area contributed by atoms with Crippen molar-refractivity contribution in [1.82, 2.24) is 9.80 Å². The molecule has 2 aromatic rings. The van der Waals surface area contributed by atoms with E-state index in [0.29, 0.717) is 36.8 Å². The Morgan fingerprint density at radius 2 is 1.74 bits per heavy atom. The second-order valence-corrected chi connectivity index (χ2v) is 9.49. The van der Waals surface area contributed by atoms with E-state index in [9.17, 15) is 14.7 Å². The van der Waals surface area contributed by atoms with E-state index < -0.39 is 23.5 Å².